The molecule has 0 saturated carbocycles. The van der Waals surface area contributed by atoms with Gasteiger partial charge >= 0.3 is 7.12 Å². The van der Waals surface area contributed by atoms with E-state index in [-0.39, 0.29) is 6.10 Å². The molecule has 0 atom stereocenters. The normalized spacial score (nSPS) is 13.7. The third kappa shape index (κ3) is 3.54. The van der Waals surface area contributed by atoms with Crippen LogP contribution in [0.1, 0.15) is 19.4 Å². The van der Waals surface area contributed by atoms with Gasteiger partial charge in [-0.2, -0.15) is 0 Å². The average molecular weight is 325 g/mol. The van der Waals surface area contributed by atoms with E-state index in [0.29, 0.717) is 17.8 Å². The molecule has 1 aromatic heterocycles. The quantitative estimate of drug-likeness (QED) is 0.854. The molecule has 3 rings (SSSR count). The first-order chi connectivity index (χ1) is 11.6. The van der Waals surface area contributed by atoms with Crippen molar-refractivity contribution in [2.75, 3.05) is 7.11 Å². The van der Waals surface area contributed by atoms with Crippen molar-refractivity contribution < 1.29 is 19.2 Å². The average Bonchev–Trinajstić information content (AvgIpc) is 3.01. The maximum absolute atomic E-state index is 9.50. The largest absolute Gasteiger partial charge is 0.542 e. The topological polar surface area (TPSA) is 60.8 Å². The molecular formula is C18H20BNO4. The summed E-state index contributed by atoms with van der Waals surface area (Å²) in [5.74, 6) is 1.40. The van der Waals surface area contributed by atoms with E-state index >= 15 is 0 Å². The summed E-state index contributed by atoms with van der Waals surface area (Å²) in [5.41, 5.74) is 3.82. The second-order valence-corrected chi connectivity index (χ2v) is 5.93. The van der Waals surface area contributed by atoms with Gasteiger partial charge in [0.25, 0.3) is 0 Å². The summed E-state index contributed by atoms with van der Waals surface area (Å²) in [6.45, 7) is 3.96. The van der Waals surface area contributed by atoms with Crippen molar-refractivity contribution in [1.82, 2.24) is 4.98 Å². The van der Waals surface area contributed by atoms with Gasteiger partial charge in [-0.3, -0.25) is 4.98 Å². The highest BCUT2D eigenvalue weighted by molar-refractivity contribution is 6.47. The number of allylic oxidation sites excluding steroid dienone is 1. The van der Waals surface area contributed by atoms with Crippen LogP contribution < -0.4 is 9.47 Å². The molecule has 0 spiro atoms. The van der Waals surface area contributed by atoms with Gasteiger partial charge in [0.05, 0.1) is 19.5 Å². The first-order valence-corrected chi connectivity index (χ1v) is 7.90. The Morgan fingerprint density at radius 3 is 2.58 bits per heavy atom. The molecule has 1 aliphatic heterocycles. The van der Waals surface area contributed by atoms with Crippen LogP contribution in [0.4, 0.5) is 0 Å². The van der Waals surface area contributed by atoms with Gasteiger partial charge < -0.3 is 19.2 Å². The highest BCUT2D eigenvalue weighted by Gasteiger charge is 2.24. The minimum Gasteiger partial charge on any atom is -0.542 e. The summed E-state index contributed by atoms with van der Waals surface area (Å²) in [7, 11) is 0.859. The second kappa shape index (κ2) is 6.97. The van der Waals surface area contributed by atoms with Crippen LogP contribution in [0, 0.1) is 0 Å². The Labute approximate surface area is 142 Å². The Morgan fingerprint density at radius 1 is 1.12 bits per heavy atom. The van der Waals surface area contributed by atoms with Gasteiger partial charge in [-0.1, -0.05) is 6.07 Å². The molecule has 0 amide bonds. The number of methoxy groups -OCH3 is 1. The highest BCUT2D eigenvalue weighted by Crippen LogP contribution is 2.34. The van der Waals surface area contributed by atoms with Crippen LogP contribution in [-0.2, 0) is 4.65 Å². The fraction of sp³-hybridized carbons (Fsp3) is 0.278. The molecule has 6 heteroatoms. The van der Waals surface area contributed by atoms with Crippen LogP contribution in [0.3, 0.4) is 0 Å². The van der Waals surface area contributed by atoms with Gasteiger partial charge in [0, 0.05) is 24.3 Å². The Balaban J connectivity index is 1.94. The molecule has 0 unspecified atom stereocenters. The zero-order valence-corrected chi connectivity index (χ0v) is 14.0. The second-order valence-electron chi connectivity index (χ2n) is 5.93. The van der Waals surface area contributed by atoms with E-state index in [9.17, 15) is 5.02 Å². The number of aromatic nitrogens is 1. The van der Waals surface area contributed by atoms with Crippen molar-refractivity contribution in [3.05, 3.63) is 48.5 Å². The van der Waals surface area contributed by atoms with Crippen LogP contribution >= 0.6 is 0 Å². The predicted octanol–water partition coefficient (Wildman–Crippen LogP) is 3.40. The number of rotatable bonds is 5. The van der Waals surface area contributed by atoms with Crippen molar-refractivity contribution in [3.63, 3.8) is 0 Å². The summed E-state index contributed by atoms with van der Waals surface area (Å²) >= 11 is 0. The van der Waals surface area contributed by atoms with E-state index in [1.807, 2.05) is 38.1 Å². The van der Waals surface area contributed by atoms with Crippen molar-refractivity contribution in [3.8, 4) is 22.6 Å². The van der Waals surface area contributed by atoms with Crippen molar-refractivity contribution in [2.45, 2.75) is 26.3 Å². The minimum absolute atomic E-state index is 0.0564. The summed E-state index contributed by atoms with van der Waals surface area (Å²) in [6, 6.07) is 7.85. The Kier molecular flexibility index (Phi) is 4.76. The number of hydrogen-bond donors (Lipinski definition) is 1. The van der Waals surface area contributed by atoms with Crippen LogP contribution in [0.5, 0.6) is 11.5 Å². The smallest absolute Gasteiger partial charge is 0.526 e. The van der Waals surface area contributed by atoms with Crippen molar-refractivity contribution in [2.24, 2.45) is 0 Å². The third-order valence-electron chi connectivity index (χ3n) is 3.73. The van der Waals surface area contributed by atoms with Gasteiger partial charge in [0.2, 0.25) is 0 Å². The molecule has 0 bridgehead atoms. The fourth-order valence-electron chi connectivity index (χ4n) is 2.61. The van der Waals surface area contributed by atoms with Crippen LogP contribution in [-0.4, -0.2) is 30.3 Å². The number of ether oxygens (including phenoxy) is 2. The predicted molar refractivity (Wildman–Crippen MR) is 93.8 cm³/mol. The Morgan fingerprint density at radius 2 is 1.92 bits per heavy atom. The molecule has 5 nitrogen and oxygen atoms in total. The Hall–Kier alpha value is -2.47. The molecule has 0 saturated heterocycles. The van der Waals surface area contributed by atoms with Crippen molar-refractivity contribution in [1.29, 1.82) is 0 Å². The van der Waals surface area contributed by atoms with Crippen molar-refractivity contribution >= 4 is 12.7 Å². The molecule has 2 aromatic rings. The van der Waals surface area contributed by atoms with Crippen LogP contribution in [0.25, 0.3) is 16.7 Å². The maximum atomic E-state index is 9.50. The van der Waals surface area contributed by atoms with Gasteiger partial charge in [0.15, 0.2) is 11.5 Å². The van der Waals surface area contributed by atoms with Crippen LogP contribution in [0.15, 0.2) is 42.9 Å². The molecule has 24 heavy (non-hydrogen) atoms. The van der Waals surface area contributed by atoms with Gasteiger partial charge in [0.1, 0.15) is 0 Å². The van der Waals surface area contributed by atoms with E-state index in [0.717, 1.165) is 22.3 Å². The SMILES string of the molecule is COc1ccc(-c2cncc(C3=COB(O)C3)c2)cc1OC(C)C. The van der Waals surface area contributed by atoms with E-state index in [1.165, 1.54) is 0 Å². The summed E-state index contributed by atoms with van der Waals surface area (Å²) < 4.78 is 16.3. The molecular weight excluding hydrogens is 305 g/mol. The standard InChI is InChI=1S/C18H20BNO4/c1-12(2)24-18-7-13(4-5-17(18)22-3)14-6-15(10-20-9-14)16-8-19(21)23-11-16/h4-7,9-12,21H,8H2,1-3H3. The summed E-state index contributed by atoms with van der Waals surface area (Å²) in [5, 5.41) is 9.50. The van der Waals surface area contributed by atoms with Crippen LogP contribution in [0.2, 0.25) is 6.32 Å². The number of nitrogens with zero attached hydrogens (tertiary/aromatic N) is 1. The molecule has 1 N–H and O–H groups in total. The zero-order chi connectivity index (χ0) is 17.1. The molecule has 0 radical (unpaired) electrons. The molecule has 124 valence electrons. The number of pyridine rings is 1. The summed E-state index contributed by atoms with van der Waals surface area (Å²) in [4.78, 5) is 4.31. The molecule has 1 aromatic carbocycles. The zero-order valence-electron chi connectivity index (χ0n) is 14.0. The van der Waals surface area contributed by atoms with Gasteiger partial charge in [-0.05, 0) is 48.7 Å². The molecule has 0 fully saturated rings. The fourth-order valence-corrected chi connectivity index (χ4v) is 2.61. The molecule has 2 heterocycles. The van der Waals surface area contributed by atoms with E-state index in [2.05, 4.69) is 4.98 Å². The monoisotopic (exact) mass is 325 g/mol. The third-order valence-corrected chi connectivity index (χ3v) is 3.73. The van der Waals surface area contributed by atoms with Gasteiger partial charge in [-0.25, -0.2) is 0 Å². The molecule has 0 aliphatic carbocycles. The summed E-state index contributed by atoms with van der Waals surface area (Å²) in [6.07, 6.45) is 5.69. The lowest BCUT2D eigenvalue weighted by molar-refractivity contribution is 0.230. The number of benzene rings is 1. The first kappa shape index (κ1) is 16.4. The lowest BCUT2D eigenvalue weighted by Gasteiger charge is -2.15. The lowest BCUT2D eigenvalue weighted by atomic mass is 9.82. The van der Waals surface area contributed by atoms with E-state index < -0.39 is 7.12 Å². The highest BCUT2D eigenvalue weighted by atomic mass is 16.5. The number of hydrogen-bond acceptors (Lipinski definition) is 5. The van der Waals surface area contributed by atoms with E-state index in [1.54, 1.807) is 25.8 Å². The van der Waals surface area contributed by atoms with Gasteiger partial charge in [-0.15, -0.1) is 0 Å². The minimum atomic E-state index is -0.768. The Bertz CT molecular complexity index is 760. The molecule has 1 aliphatic rings. The lowest BCUT2D eigenvalue weighted by Crippen LogP contribution is -2.08. The maximum Gasteiger partial charge on any atom is 0.526 e. The van der Waals surface area contributed by atoms with E-state index in [4.69, 9.17) is 14.1 Å². The first-order valence-electron chi connectivity index (χ1n) is 7.90.